The van der Waals surface area contributed by atoms with Crippen molar-refractivity contribution < 1.29 is 14.3 Å². The smallest absolute Gasteiger partial charge is 0.347 e. The Morgan fingerprint density at radius 3 is 2.65 bits per heavy atom. The topological polar surface area (TPSA) is 35.5 Å². The quantitative estimate of drug-likeness (QED) is 0.744. The molecule has 0 radical (unpaired) electrons. The SMILES string of the molecule is CCCC(Oc1ccc2c(c1)CCCC2)C(=O)OCC. The summed E-state index contributed by atoms with van der Waals surface area (Å²) in [5, 5.41) is 0. The summed E-state index contributed by atoms with van der Waals surface area (Å²) < 4.78 is 10.9. The van der Waals surface area contributed by atoms with Gasteiger partial charge in [-0.2, -0.15) is 0 Å². The molecular weight excluding hydrogens is 252 g/mol. The fraction of sp³-hybridized carbons (Fsp3) is 0.588. The number of ether oxygens (including phenoxy) is 2. The van der Waals surface area contributed by atoms with Crippen molar-refractivity contribution in [3.05, 3.63) is 29.3 Å². The number of carbonyl (C=O) groups excluding carboxylic acids is 1. The lowest BCUT2D eigenvalue weighted by Crippen LogP contribution is -2.29. The van der Waals surface area contributed by atoms with Gasteiger partial charge in [-0.05, 0) is 62.3 Å². The third kappa shape index (κ3) is 3.75. The van der Waals surface area contributed by atoms with E-state index in [1.807, 2.05) is 19.9 Å². The van der Waals surface area contributed by atoms with Crippen molar-refractivity contribution >= 4 is 5.97 Å². The van der Waals surface area contributed by atoms with Gasteiger partial charge in [0.1, 0.15) is 5.75 Å². The number of carbonyl (C=O) groups is 1. The van der Waals surface area contributed by atoms with E-state index in [-0.39, 0.29) is 5.97 Å². The summed E-state index contributed by atoms with van der Waals surface area (Å²) in [4.78, 5) is 11.9. The molecule has 0 fully saturated rings. The van der Waals surface area contributed by atoms with Gasteiger partial charge in [-0.15, -0.1) is 0 Å². The monoisotopic (exact) mass is 276 g/mol. The lowest BCUT2D eigenvalue weighted by Gasteiger charge is -2.20. The Balaban J connectivity index is 2.07. The first kappa shape index (κ1) is 14.9. The first-order valence-electron chi connectivity index (χ1n) is 7.69. The standard InChI is InChI=1S/C17H24O3/c1-3-7-16(17(18)19-4-2)20-15-11-10-13-8-5-6-9-14(13)12-15/h10-12,16H,3-9H2,1-2H3. The molecule has 0 saturated heterocycles. The molecule has 0 N–H and O–H groups in total. The van der Waals surface area contributed by atoms with Crippen LogP contribution in [0.25, 0.3) is 0 Å². The molecule has 1 aliphatic carbocycles. The molecule has 0 aromatic heterocycles. The molecule has 1 aromatic rings. The summed E-state index contributed by atoms with van der Waals surface area (Å²) in [6, 6.07) is 6.21. The van der Waals surface area contributed by atoms with Crippen LogP contribution >= 0.6 is 0 Å². The Morgan fingerprint density at radius 2 is 1.95 bits per heavy atom. The summed E-state index contributed by atoms with van der Waals surface area (Å²) in [6.07, 6.45) is 5.89. The van der Waals surface area contributed by atoms with Gasteiger partial charge in [0, 0.05) is 0 Å². The van der Waals surface area contributed by atoms with Crippen LogP contribution in [0.2, 0.25) is 0 Å². The zero-order valence-corrected chi connectivity index (χ0v) is 12.5. The lowest BCUT2D eigenvalue weighted by atomic mass is 9.92. The highest BCUT2D eigenvalue weighted by Crippen LogP contribution is 2.26. The van der Waals surface area contributed by atoms with E-state index < -0.39 is 6.10 Å². The second-order valence-corrected chi connectivity index (χ2v) is 5.28. The van der Waals surface area contributed by atoms with Crippen LogP contribution in [0.3, 0.4) is 0 Å². The van der Waals surface area contributed by atoms with Gasteiger partial charge in [0.25, 0.3) is 0 Å². The summed E-state index contributed by atoms with van der Waals surface area (Å²) >= 11 is 0. The predicted molar refractivity (Wildman–Crippen MR) is 79.0 cm³/mol. The molecule has 0 amide bonds. The molecule has 0 bridgehead atoms. The van der Waals surface area contributed by atoms with Crippen LogP contribution in [-0.4, -0.2) is 18.7 Å². The third-order valence-corrected chi connectivity index (χ3v) is 3.70. The molecule has 1 aliphatic rings. The van der Waals surface area contributed by atoms with Gasteiger partial charge in [-0.3, -0.25) is 0 Å². The van der Waals surface area contributed by atoms with E-state index in [0.29, 0.717) is 13.0 Å². The molecule has 3 nitrogen and oxygen atoms in total. The number of hydrogen-bond donors (Lipinski definition) is 0. The van der Waals surface area contributed by atoms with E-state index in [9.17, 15) is 4.79 Å². The van der Waals surface area contributed by atoms with E-state index in [0.717, 1.165) is 25.0 Å². The lowest BCUT2D eigenvalue weighted by molar-refractivity contribution is -0.151. The predicted octanol–water partition coefficient (Wildman–Crippen LogP) is 3.68. The minimum Gasteiger partial charge on any atom is -0.479 e. The van der Waals surface area contributed by atoms with E-state index in [1.54, 1.807) is 0 Å². The summed E-state index contributed by atoms with van der Waals surface area (Å²) in [7, 11) is 0. The molecule has 0 spiro atoms. The van der Waals surface area contributed by atoms with Crippen LogP contribution in [-0.2, 0) is 22.4 Å². The van der Waals surface area contributed by atoms with Crippen LogP contribution in [0.1, 0.15) is 50.7 Å². The Morgan fingerprint density at radius 1 is 1.20 bits per heavy atom. The van der Waals surface area contributed by atoms with Crippen molar-refractivity contribution in [1.29, 1.82) is 0 Å². The zero-order chi connectivity index (χ0) is 14.4. The molecule has 0 saturated carbocycles. The first-order valence-corrected chi connectivity index (χ1v) is 7.69. The number of hydrogen-bond acceptors (Lipinski definition) is 3. The second-order valence-electron chi connectivity index (χ2n) is 5.28. The highest BCUT2D eigenvalue weighted by atomic mass is 16.6. The average molecular weight is 276 g/mol. The van der Waals surface area contributed by atoms with E-state index >= 15 is 0 Å². The van der Waals surface area contributed by atoms with Crippen molar-refractivity contribution in [2.45, 2.75) is 58.5 Å². The van der Waals surface area contributed by atoms with E-state index in [2.05, 4.69) is 12.1 Å². The average Bonchev–Trinajstić information content (AvgIpc) is 2.47. The number of fused-ring (bicyclic) bond motifs is 1. The van der Waals surface area contributed by atoms with Gasteiger partial charge in [-0.25, -0.2) is 4.79 Å². The third-order valence-electron chi connectivity index (χ3n) is 3.70. The Hall–Kier alpha value is -1.51. The van der Waals surface area contributed by atoms with Crippen molar-refractivity contribution in [3.63, 3.8) is 0 Å². The number of aryl methyl sites for hydroxylation is 2. The van der Waals surface area contributed by atoms with Crippen molar-refractivity contribution in [3.8, 4) is 5.75 Å². The fourth-order valence-electron chi connectivity index (χ4n) is 2.67. The number of benzene rings is 1. The van der Waals surface area contributed by atoms with Crippen LogP contribution in [0.5, 0.6) is 5.75 Å². The summed E-state index contributed by atoms with van der Waals surface area (Å²) in [5.41, 5.74) is 2.79. The Bertz CT molecular complexity index is 454. The van der Waals surface area contributed by atoms with Crippen LogP contribution in [0.15, 0.2) is 18.2 Å². The molecule has 110 valence electrons. The highest BCUT2D eigenvalue weighted by Gasteiger charge is 2.21. The molecule has 1 aromatic carbocycles. The number of esters is 1. The Kier molecular flexibility index (Phi) is 5.45. The fourth-order valence-corrected chi connectivity index (χ4v) is 2.67. The molecule has 3 heteroatoms. The Labute approximate surface area is 121 Å². The van der Waals surface area contributed by atoms with Gasteiger partial charge in [0.2, 0.25) is 0 Å². The molecular formula is C17H24O3. The maximum atomic E-state index is 11.9. The molecule has 1 atom stereocenters. The minimum atomic E-state index is -0.485. The van der Waals surface area contributed by atoms with Crippen molar-refractivity contribution in [2.24, 2.45) is 0 Å². The molecule has 0 aliphatic heterocycles. The van der Waals surface area contributed by atoms with E-state index in [4.69, 9.17) is 9.47 Å². The summed E-state index contributed by atoms with van der Waals surface area (Å²) in [5.74, 6) is 0.532. The molecule has 0 heterocycles. The van der Waals surface area contributed by atoms with Crippen molar-refractivity contribution in [1.82, 2.24) is 0 Å². The largest absolute Gasteiger partial charge is 0.479 e. The van der Waals surface area contributed by atoms with Gasteiger partial charge >= 0.3 is 5.97 Å². The van der Waals surface area contributed by atoms with Crippen LogP contribution in [0, 0.1) is 0 Å². The van der Waals surface area contributed by atoms with Crippen LogP contribution in [0.4, 0.5) is 0 Å². The zero-order valence-electron chi connectivity index (χ0n) is 12.5. The van der Waals surface area contributed by atoms with Gasteiger partial charge in [-0.1, -0.05) is 19.4 Å². The van der Waals surface area contributed by atoms with Gasteiger partial charge < -0.3 is 9.47 Å². The first-order chi connectivity index (χ1) is 9.74. The highest BCUT2D eigenvalue weighted by molar-refractivity contribution is 5.75. The maximum Gasteiger partial charge on any atom is 0.347 e. The molecule has 2 rings (SSSR count). The molecule has 20 heavy (non-hydrogen) atoms. The van der Waals surface area contributed by atoms with Gasteiger partial charge in [0.15, 0.2) is 6.10 Å². The normalized spacial score (nSPS) is 15.3. The second kappa shape index (κ2) is 7.32. The van der Waals surface area contributed by atoms with Crippen molar-refractivity contribution in [2.75, 3.05) is 6.61 Å². The maximum absolute atomic E-state index is 11.9. The van der Waals surface area contributed by atoms with Gasteiger partial charge in [0.05, 0.1) is 6.61 Å². The summed E-state index contributed by atoms with van der Waals surface area (Å²) in [6.45, 7) is 4.26. The van der Waals surface area contributed by atoms with E-state index in [1.165, 1.54) is 24.0 Å². The number of rotatable bonds is 6. The molecule has 1 unspecified atom stereocenters. The minimum absolute atomic E-state index is 0.257. The van der Waals surface area contributed by atoms with Crippen LogP contribution < -0.4 is 4.74 Å².